The van der Waals surface area contributed by atoms with Crippen LogP contribution in [0.4, 0.5) is 0 Å². The SMILES string of the molecule is CC[N+](C)(C)C.CC[N+](C)(C)CCCS(C)(=O)=O.CC[N+](C)(C)COP(C)(=O)[O-]. The highest BCUT2D eigenvalue weighted by Gasteiger charge is 2.14. The van der Waals surface area contributed by atoms with Crippen LogP contribution >= 0.6 is 7.60 Å². The van der Waals surface area contributed by atoms with Crippen LogP contribution in [0, 0.1) is 0 Å². The molecular weight excluding hydrogens is 413 g/mol. The Labute approximate surface area is 181 Å². The van der Waals surface area contributed by atoms with Crippen molar-refractivity contribution in [3.8, 4) is 0 Å². The smallest absolute Gasteiger partial charge is 0.188 e. The fourth-order valence-electron chi connectivity index (χ4n) is 1.27. The first-order valence-corrected chi connectivity index (χ1v) is 14.2. The standard InChI is InChI=1S/C8H20NO2S.C6H16NO3P.C5H14N/c1-5-9(2,3)7-6-8-12(4,10)11;1-5-7(2,3)6-10-11(4,8)9;1-5-6(2,3)4/h5-8H2,1-4H3;5-6H2,1-4H3;5H2,1-4H3/q+1;;+1. The van der Waals surface area contributed by atoms with Crippen molar-refractivity contribution in [3.63, 3.8) is 0 Å². The minimum Gasteiger partial charge on any atom is -0.779 e. The molecule has 1 unspecified atom stereocenters. The van der Waals surface area contributed by atoms with Crippen molar-refractivity contribution in [1.82, 2.24) is 0 Å². The molecule has 0 fully saturated rings. The summed E-state index contributed by atoms with van der Waals surface area (Å²) in [5.74, 6) is 0.314. The minimum absolute atomic E-state index is 0.216. The maximum absolute atomic E-state index is 10.8. The molecule has 0 spiro atoms. The molecule has 0 heterocycles. The van der Waals surface area contributed by atoms with Gasteiger partial charge in [0, 0.05) is 19.3 Å². The van der Waals surface area contributed by atoms with Crippen molar-refractivity contribution in [1.29, 1.82) is 0 Å². The summed E-state index contributed by atoms with van der Waals surface area (Å²) < 4.78 is 39.4. The van der Waals surface area contributed by atoms with Gasteiger partial charge in [0.2, 0.25) is 0 Å². The fraction of sp³-hybridized carbons (Fsp3) is 1.00. The second-order valence-corrected chi connectivity index (χ2v) is 13.9. The lowest BCUT2D eigenvalue weighted by Gasteiger charge is -2.30. The predicted octanol–water partition coefficient (Wildman–Crippen LogP) is 1.47. The van der Waals surface area contributed by atoms with Crippen molar-refractivity contribution in [2.24, 2.45) is 0 Å². The lowest BCUT2D eigenvalue weighted by atomic mass is 10.4. The van der Waals surface area contributed by atoms with Gasteiger partial charge in [0.15, 0.2) is 6.73 Å². The Kier molecular flexibility index (Phi) is 16.4. The molecule has 180 valence electrons. The van der Waals surface area contributed by atoms with E-state index in [2.05, 4.69) is 53.6 Å². The van der Waals surface area contributed by atoms with Gasteiger partial charge in [-0.15, -0.1) is 0 Å². The third-order valence-corrected chi connectivity index (χ3v) is 6.20. The molecule has 0 bridgehead atoms. The van der Waals surface area contributed by atoms with E-state index in [-0.39, 0.29) is 6.73 Å². The zero-order valence-electron chi connectivity index (χ0n) is 21.2. The normalized spacial score (nSPS) is 14.8. The highest BCUT2D eigenvalue weighted by atomic mass is 32.2. The number of nitrogens with zero attached hydrogens (tertiary/aromatic N) is 3. The highest BCUT2D eigenvalue weighted by Crippen LogP contribution is 2.31. The first-order valence-electron chi connectivity index (χ1n) is 10.1. The Morgan fingerprint density at radius 3 is 1.48 bits per heavy atom. The van der Waals surface area contributed by atoms with Crippen LogP contribution in [0.15, 0.2) is 0 Å². The predicted molar refractivity (Wildman–Crippen MR) is 123 cm³/mol. The first-order chi connectivity index (χ1) is 12.6. The van der Waals surface area contributed by atoms with E-state index in [0.29, 0.717) is 10.2 Å². The zero-order chi connectivity index (χ0) is 24.2. The molecule has 0 aromatic heterocycles. The maximum Gasteiger partial charge on any atom is 0.188 e. The summed E-state index contributed by atoms with van der Waals surface area (Å²) in [5.41, 5.74) is 0. The van der Waals surface area contributed by atoms with E-state index in [1.807, 2.05) is 21.0 Å². The van der Waals surface area contributed by atoms with Crippen LogP contribution in [-0.4, -0.2) is 123 Å². The Balaban J connectivity index is -0.000000369. The third-order valence-electron chi connectivity index (χ3n) is 4.58. The summed E-state index contributed by atoms with van der Waals surface area (Å²) >= 11 is 0. The second kappa shape index (κ2) is 14.1. The molecule has 0 aromatic rings. The van der Waals surface area contributed by atoms with Crippen molar-refractivity contribution in [2.45, 2.75) is 27.2 Å². The average molecular weight is 464 g/mol. The summed E-state index contributed by atoms with van der Waals surface area (Å²) in [7, 11) is 8.29. The zero-order valence-corrected chi connectivity index (χ0v) is 22.9. The first kappa shape index (κ1) is 33.6. The van der Waals surface area contributed by atoms with Crippen LogP contribution < -0.4 is 4.89 Å². The number of quaternary nitrogens is 3. The van der Waals surface area contributed by atoms with Crippen LogP contribution in [0.2, 0.25) is 0 Å². The van der Waals surface area contributed by atoms with Crippen molar-refractivity contribution >= 4 is 17.4 Å². The number of hydrogen-bond donors (Lipinski definition) is 0. The molecule has 1 atom stereocenters. The molecule has 0 saturated carbocycles. The van der Waals surface area contributed by atoms with E-state index >= 15 is 0 Å². The van der Waals surface area contributed by atoms with E-state index < -0.39 is 17.4 Å². The summed E-state index contributed by atoms with van der Waals surface area (Å²) in [5, 5.41) is 0. The van der Waals surface area contributed by atoms with Crippen LogP contribution in [-0.2, 0) is 18.9 Å². The lowest BCUT2D eigenvalue weighted by Crippen LogP contribution is -2.41. The van der Waals surface area contributed by atoms with Crippen LogP contribution in [0.5, 0.6) is 0 Å². The summed E-state index contributed by atoms with van der Waals surface area (Å²) in [6.07, 6.45) is 2.05. The van der Waals surface area contributed by atoms with Gasteiger partial charge in [0.05, 0.1) is 81.3 Å². The van der Waals surface area contributed by atoms with Gasteiger partial charge in [-0.1, -0.05) is 0 Å². The van der Waals surface area contributed by atoms with Gasteiger partial charge in [-0.05, 0) is 20.8 Å². The van der Waals surface area contributed by atoms with Gasteiger partial charge in [0.25, 0.3) is 0 Å². The van der Waals surface area contributed by atoms with Crippen molar-refractivity contribution in [3.05, 3.63) is 0 Å². The molecule has 0 aliphatic rings. The highest BCUT2D eigenvalue weighted by molar-refractivity contribution is 7.90. The van der Waals surface area contributed by atoms with E-state index in [1.165, 1.54) is 12.8 Å². The van der Waals surface area contributed by atoms with Gasteiger partial charge >= 0.3 is 0 Å². The summed E-state index contributed by atoms with van der Waals surface area (Å²) in [6.45, 7) is 11.6. The quantitative estimate of drug-likeness (QED) is 0.278. The molecular formula is C19H50N3O5PS+2. The Hall–Kier alpha value is -0.0200. The molecule has 0 radical (unpaired) electrons. The van der Waals surface area contributed by atoms with Crippen LogP contribution in [0.1, 0.15) is 27.2 Å². The Morgan fingerprint density at radius 1 is 0.862 bits per heavy atom. The Bertz CT molecular complexity index is 567. The summed E-state index contributed by atoms with van der Waals surface area (Å²) in [6, 6.07) is 0. The Morgan fingerprint density at radius 2 is 1.24 bits per heavy atom. The molecule has 10 heteroatoms. The molecule has 8 nitrogen and oxygen atoms in total. The van der Waals surface area contributed by atoms with Crippen LogP contribution in [0.25, 0.3) is 0 Å². The molecule has 0 N–H and O–H groups in total. The molecule has 0 saturated heterocycles. The number of rotatable bonds is 10. The molecule has 0 amide bonds. The average Bonchev–Trinajstić information content (AvgIpc) is 2.52. The third kappa shape index (κ3) is 32.8. The molecule has 0 aromatic carbocycles. The van der Waals surface area contributed by atoms with Gasteiger partial charge in [-0.3, -0.25) is 4.52 Å². The monoisotopic (exact) mass is 463 g/mol. The number of hydrogen-bond acceptors (Lipinski definition) is 5. The van der Waals surface area contributed by atoms with E-state index in [4.69, 9.17) is 0 Å². The fourth-order valence-corrected chi connectivity index (χ4v) is 2.44. The topological polar surface area (TPSA) is 83.5 Å². The van der Waals surface area contributed by atoms with Gasteiger partial charge in [0.1, 0.15) is 17.4 Å². The second-order valence-electron chi connectivity index (χ2n) is 9.85. The van der Waals surface area contributed by atoms with Crippen molar-refractivity contribution in [2.75, 3.05) is 101 Å². The maximum atomic E-state index is 10.8. The molecule has 0 aliphatic heterocycles. The molecule has 0 aliphatic carbocycles. The largest absolute Gasteiger partial charge is 0.779 e. The van der Waals surface area contributed by atoms with Gasteiger partial charge in [-0.25, -0.2) is 8.42 Å². The molecule has 29 heavy (non-hydrogen) atoms. The van der Waals surface area contributed by atoms with E-state index in [0.717, 1.165) is 41.7 Å². The lowest BCUT2D eigenvalue weighted by molar-refractivity contribution is -0.904. The van der Waals surface area contributed by atoms with Gasteiger partial charge < -0.3 is 22.9 Å². The van der Waals surface area contributed by atoms with E-state index in [9.17, 15) is 17.9 Å². The minimum atomic E-state index is -3.54. The van der Waals surface area contributed by atoms with Crippen LogP contribution in [0.3, 0.4) is 0 Å². The molecule has 0 rings (SSSR count). The van der Waals surface area contributed by atoms with Gasteiger partial charge in [-0.2, -0.15) is 0 Å². The van der Waals surface area contributed by atoms with E-state index in [1.54, 1.807) is 0 Å². The summed E-state index contributed by atoms with van der Waals surface area (Å²) in [4.78, 5) is 10.6. The van der Waals surface area contributed by atoms with Crippen molar-refractivity contribution < 1.29 is 35.8 Å². The number of sulfone groups is 1.